The predicted octanol–water partition coefficient (Wildman–Crippen LogP) is 0.575. The zero-order valence-electron chi connectivity index (χ0n) is 7.86. The van der Waals surface area contributed by atoms with Crippen LogP contribution >= 0.6 is 0 Å². The van der Waals surface area contributed by atoms with Gasteiger partial charge in [-0.3, -0.25) is 10.4 Å². The summed E-state index contributed by atoms with van der Waals surface area (Å²) in [5, 5.41) is 9.57. The Morgan fingerprint density at radius 2 is 1.85 bits per heavy atom. The van der Waals surface area contributed by atoms with Gasteiger partial charge in [-0.1, -0.05) is 0 Å². The van der Waals surface area contributed by atoms with E-state index in [1.807, 2.05) is 13.8 Å². The van der Waals surface area contributed by atoms with Crippen molar-refractivity contribution < 1.29 is 5.11 Å². The van der Waals surface area contributed by atoms with Crippen LogP contribution in [0.4, 0.5) is 0 Å². The van der Waals surface area contributed by atoms with Gasteiger partial charge in [0, 0.05) is 18.4 Å². The maximum atomic E-state index is 9.57. The van der Waals surface area contributed by atoms with Crippen molar-refractivity contribution in [3.63, 3.8) is 0 Å². The quantitative estimate of drug-likeness (QED) is 0.469. The molecule has 0 bridgehead atoms. The molecule has 1 aromatic heterocycles. The van der Waals surface area contributed by atoms with E-state index >= 15 is 0 Å². The lowest BCUT2D eigenvalue weighted by atomic mass is 10.2. The first-order chi connectivity index (χ1) is 6.20. The van der Waals surface area contributed by atoms with Crippen molar-refractivity contribution in [1.29, 1.82) is 0 Å². The van der Waals surface area contributed by atoms with Gasteiger partial charge in [0.25, 0.3) is 0 Å². The summed E-state index contributed by atoms with van der Waals surface area (Å²) in [6.45, 7) is 3.98. The number of aliphatic hydroxyl groups is 1. The zero-order chi connectivity index (χ0) is 9.68. The van der Waals surface area contributed by atoms with E-state index in [1.54, 1.807) is 24.5 Å². The van der Waals surface area contributed by atoms with E-state index < -0.39 is 6.23 Å². The van der Waals surface area contributed by atoms with E-state index in [-0.39, 0.29) is 6.04 Å². The van der Waals surface area contributed by atoms with Crippen molar-refractivity contribution in [3.05, 3.63) is 30.1 Å². The van der Waals surface area contributed by atoms with Crippen molar-refractivity contribution in [3.8, 4) is 0 Å². The third-order valence-corrected chi connectivity index (χ3v) is 1.53. The molecule has 0 fully saturated rings. The molecule has 0 aliphatic heterocycles. The number of rotatable bonds is 4. The molecule has 1 atom stereocenters. The van der Waals surface area contributed by atoms with Crippen molar-refractivity contribution >= 4 is 0 Å². The number of hydrogen-bond donors (Lipinski definition) is 3. The van der Waals surface area contributed by atoms with Crippen molar-refractivity contribution in [2.75, 3.05) is 0 Å². The third kappa shape index (κ3) is 3.50. The molecule has 4 nitrogen and oxygen atoms in total. The highest BCUT2D eigenvalue weighted by molar-refractivity contribution is 5.11. The van der Waals surface area contributed by atoms with Crippen molar-refractivity contribution in [2.45, 2.75) is 26.1 Å². The van der Waals surface area contributed by atoms with E-state index in [0.717, 1.165) is 5.56 Å². The summed E-state index contributed by atoms with van der Waals surface area (Å²) in [5.41, 5.74) is 6.49. The van der Waals surface area contributed by atoms with Gasteiger partial charge in [-0.25, -0.2) is 5.43 Å². The van der Waals surface area contributed by atoms with Gasteiger partial charge in [-0.15, -0.1) is 0 Å². The van der Waals surface area contributed by atoms with Crippen LogP contribution in [0.2, 0.25) is 0 Å². The molecule has 0 saturated heterocycles. The second-order valence-corrected chi connectivity index (χ2v) is 3.13. The third-order valence-electron chi connectivity index (χ3n) is 1.53. The van der Waals surface area contributed by atoms with E-state index in [1.165, 1.54) is 0 Å². The molecular weight excluding hydrogens is 166 g/mol. The fraction of sp³-hybridized carbons (Fsp3) is 0.444. The van der Waals surface area contributed by atoms with Gasteiger partial charge in [0.1, 0.15) is 6.23 Å². The maximum absolute atomic E-state index is 9.57. The van der Waals surface area contributed by atoms with Gasteiger partial charge in [0.15, 0.2) is 0 Å². The largest absolute Gasteiger partial charge is 0.373 e. The molecule has 3 N–H and O–H groups in total. The van der Waals surface area contributed by atoms with E-state index in [4.69, 9.17) is 0 Å². The van der Waals surface area contributed by atoms with Crippen LogP contribution in [0.25, 0.3) is 0 Å². The lowest BCUT2D eigenvalue weighted by Gasteiger charge is -2.15. The number of aromatic nitrogens is 1. The minimum atomic E-state index is -0.689. The molecule has 0 aliphatic rings. The van der Waals surface area contributed by atoms with Crippen LogP contribution in [-0.2, 0) is 0 Å². The van der Waals surface area contributed by atoms with E-state index in [2.05, 4.69) is 15.8 Å². The average Bonchev–Trinajstić information content (AvgIpc) is 2.15. The molecule has 1 heterocycles. The number of pyridine rings is 1. The minimum Gasteiger partial charge on any atom is -0.373 e. The lowest BCUT2D eigenvalue weighted by molar-refractivity contribution is 0.115. The Morgan fingerprint density at radius 1 is 1.23 bits per heavy atom. The normalized spacial score (nSPS) is 13.2. The van der Waals surface area contributed by atoms with Gasteiger partial charge in [0.05, 0.1) is 0 Å². The molecule has 13 heavy (non-hydrogen) atoms. The predicted molar refractivity (Wildman–Crippen MR) is 50.6 cm³/mol. The summed E-state index contributed by atoms with van der Waals surface area (Å²) in [4.78, 5) is 3.86. The van der Waals surface area contributed by atoms with E-state index in [0.29, 0.717) is 0 Å². The molecule has 0 amide bonds. The van der Waals surface area contributed by atoms with Crippen LogP contribution in [0.1, 0.15) is 25.6 Å². The molecule has 0 radical (unpaired) electrons. The summed E-state index contributed by atoms with van der Waals surface area (Å²) >= 11 is 0. The molecule has 1 rings (SSSR count). The van der Waals surface area contributed by atoms with Gasteiger partial charge in [-0.2, -0.15) is 0 Å². The van der Waals surface area contributed by atoms with Gasteiger partial charge >= 0.3 is 0 Å². The second kappa shape index (κ2) is 4.91. The molecule has 1 unspecified atom stereocenters. The molecular formula is C9H15N3O. The zero-order valence-corrected chi connectivity index (χ0v) is 7.86. The Kier molecular flexibility index (Phi) is 3.82. The average molecular weight is 181 g/mol. The Labute approximate surface area is 78.0 Å². The van der Waals surface area contributed by atoms with Crippen molar-refractivity contribution in [1.82, 2.24) is 15.8 Å². The summed E-state index contributed by atoms with van der Waals surface area (Å²) < 4.78 is 0. The minimum absolute atomic E-state index is 0.288. The topological polar surface area (TPSA) is 57.2 Å². The summed E-state index contributed by atoms with van der Waals surface area (Å²) in [7, 11) is 0. The highest BCUT2D eigenvalue weighted by Gasteiger charge is 2.05. The SMILES string of the molecule is CC(C)NNC(O)c1ccncc1. The first-order valence-electron chi connectivity index (χ1n) is 4.29. The number of nitrogens with zero attached hydrogens (tertiary/aromatic N) is 1. The number of aliphatic hydroxyl groups excluding tert-OH is 1. The standard InChI is InChI=1S/C9H15N3O/c1-7(2)11-12-9(13)8-3-5-10-6-4-8/h3-7,9,11-13H,1-2H3. The summed E-state index contributed by atoms with van der Waals surface area (Å²) in [6, 6.07) is 3.82. The molecule has 72 valence electrons. The Hall–Kier alpha value is -0.970. The fourth-order valence-electron chi connectivity index (χ4n) is 0.875. The maximum Gasteiger partial charge on any atom is 0.143 e. The van der Waals surface area contributed by atoms with Crippen LogP contribution in [0.5, 0.6) is 0 Å². The highest BCUT2D eigenvalue weighted by atomic mass is 16.3. The molecule has 0 spiro atoms. The van der Waals surface area contributed by atoms with Crippen LogP contribution in [-0.4, -0.2) is 16.1 Å². The number of nitrogens with one attached hydrogen (secondary N) is 2. The molecule has 1 aromatic rings. The highest BCUT2D eigenvalue weighted by Crippen LogP contribution is 2.05. The first kappa shape index (κ1) is 10.1. The lowest BCUT2D eigenvalue weighted by Crippen LogP contribution is -2.39. The molecule has 0 saturated carbocycles. The van der Waals surface area contributed by atoms with Crippen LogP contribution < -0.4 is 10.9 Å². The first-order valence-corrected chi connectivity index (χ1v) is 4.29. The summed E-state index contributed by atoms with van der Waals surface area (Å²) in [5.74, 6) is 0. The second-order valence-electron chi connectivity index (χ2n) is 3.13. The van der Waals surface area contributed by atoms with Crippen molar-refractivity contribution in [2.24, 2.45) is 0 Å². The van der Waals surface area contributed by atoms with Crippen LogP contribution in [0.3, 0.4) is 0 Å². The summed E-state index contributed by atoms with van der Waals surface area (Å²) in [6.07, 6.45) is 2.61. The van der Waals surface area contributed by atoms with E-state index in [9.17, 15) is 5.11 Å². The molecule has 4 heteroatoms. The molecule has 0 aromatic carbocycles. The number of hydrazine groups is 1. The van der Waals surface area contributed by atoms with Gasteiger partial charge in [0.2, 0.25) is 0 Å². The molecule has 0 aliphatic carbocycles. The Bertz CT molecular complexity index is 238. The smallest absolute Gasteiger partial charge is 0.143 e. The van der Waals surface area contributed by atoms with Gasteiger partial charge in [-0.05, 0) is 31.5 Å². The van der Waals surface area contributed by atoms with Gasteiger partial charge < -0.3 is 5.11 Å². The number of hydrogen-bond acceptors (Lipinski definition) is 4. The Balaban J connectivity index is 2.44. The fourth-order valence-corrected chi connectivity index (χ4v) is 0.875. The Morgan fingerprint density at radius 3 is 2.38 bits per heavy atom. The van der Waals surface area contributed by atoms with Crippen LogP contribution in [0.15, 0.2) is 24.5 Å². The van der Waals surface area contributed by atoms with Crippen LogP contribution in [0, 0.1) is 0 Å². The monoisotopic (exact) mass is 181 g/mol.